The van der Waals surface area contributed by atoms with Gasteiger partial charge in [0, 0.05) is 19.7 Å². The van der Waals surface area contributed by atoms with Crippen LogP contribution in [0.2, 0.25) is 0 Å². The van der Waals surface area contributed by atoms with Gasteiger partial charge in [-0.25, -0.2) is 8.42 Å². The SMILES string of the molecule is COCCS(=O)(=O)N1CCc2cc(C(C)N)ccc21. The predicted octanol–water partition coefficient (Wildman–Crippen LogP) is 1.05. The summed E-state index contributed by atoms with van der Waals surface area (Å²) in [5, 5.41) is 0. The number of nitrogens with two attached hydrogens (primary N) is 1. The third-order valence-corrected chi connectivity index (χ3v) is 5.10. The Kier molecular flexibility index (Phi) is 4.13. The van der Waals surface area contributed by atoms with Gasteiger partial charge in [0.15, 0.2) is 0 Å². The molecule has 0 saturated heterocycles. The number of rotatable bonds is 5. The Bertz CT molecular complexity index is 555. The van der Waals surface area contributed by atoms with E-state index in [1.54, 1.807) is 0 Å². The fraction of sp³-hybridized carbons (Fsp3) is 0.538. The van der Waals surface area contributed by atoms with Crippen LogP contribution in [0, 0.1) is 0 Å². The first-order valence-electron chi connectivity index (χ1n) is 6.33. The summed E-state index contributed by atoms with van der Waals surface area (Å²) >= 11 is 0. The zero-order chi connectivity index (χ0) is 14.0. The molecule has 1 aromatic rings. The molecule has 1 aromatic carbocycles. The zero-order valence-electron chi connectivity index (χ0n) is 11.3. The lowest BCUT2D eigenvalue weighted by molar-refractivity contribution is 0.217. The van der Waals surface area contributed by atoms with Crippen molar-refractivity contribution in [2.75, 3.05) is 30.3 Å². The van der Waals surface area contributed by atoms with Crippen LogP contribution in [0.25, 0.3) is 0 Å². The third-order valence-electron chi connectivity index (χ3n) is 3.36. The van der Waals surface area contributed by atoms with Crippen molar-refractivity contribution in [3.63, 3.8) is 0 Å². The summed E-state index contributed by atoms with van der Waals surface area (Å²) in [4.78, 5) is 0. The van der Waals surface area contributed by atoms with Crippen LogP contribution in [-0.2, 0) is 21.2 Å². The summed E-state index contributed by atoms with van der Waals surface area (Å²) in [5.41, 5.74) is 8.71. The van der Waals surface area contributed by atoms with Gasteiger partial charge in [-0.1, -0.05) is 12.1 Å². The fourth-order valence-corrected chi connectivity index (χ4v) is 3.71. The summed E-state index contributed by atoms with van der Waals surface area (Å²) in [7, 11) is -1.79. The molecule has 6 heteroatoms. The summed E-state index contributed by atoms with van der Waals surface area (Å²) in [6.45, 7) is 2.64. The standard InChI is InChI=1S/C13H20N2O3S/c1-10(14)11-3-4-13-12(9-11)5-6-15(13)19(16,17)8-7-18-2/h3-4,9-10H,5-8,14H2,1-2H3. The van der Waals surface area contributed by atoms with E-state index in [0.29, 0.717) is 6.54 Å². The lowest BCUT2D eigenvalue weighted by Crippen LogP contribution is -2.32. The van der Waals surface area contributed by atoms with E-state index >= 15 is 0 Å². The molecule has 0 bridgehead atoms. The fourth-order valence-electron chi connectivity index (χ4n) is 2.26. The monoisotopic (exact) mass is 284 g/mol. The highest BCUT2D eigenvalue weighted by molar-refractivity contribution is 7.92. The van der Waals surface area contributed by atoms with Gasteiger partial charge in [0.05, 0.1) is 18.0 Å². The second-order valence-corrected chi connectivity index (χ2v) is 6.82. The Balaban J connectivity index is 2.27. The second kappa shape index (κ2) is 5.48. The van der Waals surface area contributed by atoms with Crippen molar-refractivity contribution < 1.29 is 13.2 Å². The van der Waals surface area contributed by atoms with Crippen LogP contribution in [0.5, 0.6) is 0 Å². The van der Waals surface area contributed by atoms with Crippen LogP contribution in [0.1, 0.15) is 24.1 Å². The van der Waals surface area contributed by atoms with Crippen molar-refractivity contribution in [1.82, 2.24) is 0 Å². The zero-order valence-corrected chi connectivity index (χ0v) is 12.1. The predicted molar refractivity (Wildman–Crippen MR) is 75.8 cm³/mol. The summed E-state index contributed by atoms with van der Waals surface area (Å²) in [5.74, 6) is 0.0119. The van der Waals surface area contributed by atoms with Gasteiger partial charge in [0.2, 0.25) is 10.0 Å². The summed E-state index contributed by atoms with van der Waals surface area (Å²) in [6, 6.07) is 5.72. The quantitative estimate of drug-likeness (QED) is 0.877. The Hall–Kier alpha value is -1.11. The maximum Gasteiger partial charge on any atom is 0.237 e. The van der Waals surface area contributed by atoms with Crippen LogP contribution in [-0.4, -0.2) is 34.4 Å². The maximum absolute atomic E-state index is 12.2. The summed E-state index contributed by atoms with van der Waals surface area (Å²) in [6.07, 6.45) is 0.738. The molecule has 2 N–H and O–H groups in total. The third kappa shape index (κ3) is 2.91. The molecule has 5 nitrogen and oxygen atoms in total. The molecule has 0 saturated carbocycles. The van der Waals surface area contributed by atoms with Gasteiger partial charge in [0.1, 0.15) is 0 Å². The lowest BCUT2D eigenvalue weighted by atomic mass is 10.0. The van der Waals surface area contributed by atoms with Gasteiger partial charge in [-0.2, -0.15) is 0 Å². The van der Waals surface area contributed by atoms with Crippen LogP contribution in [0.3, 0.4) is 0 Å². The first kappa shape index (κ1) is 14.3. The van der Waals surface area contributed by atoms with Crippen LogP contribution < -0.4 is 10.0 Å². The first-order valence-corrected chi connectivity index (χ1v) is 7.94. The van der Waals surface area contributed by atoms with E-state index in [-0.39, 0.29) is 18.4 Å². The Morgan fingerprint density at radius 2 is 2.21 bits per heavy atom. The van der Waals surface area contributed by atoms with Crippen molar-refractivity contribution in [3.8, 4) is 0 Å². The highest BCUT2D eigenvalue weighted by Gasteiger charge is 2.29. The number of hydrogen-bond acceptors (Lipinski definition) is 4. The van der Waals surface area contributed by atoms with Gasteiger partial charge in [-0.15, -0.1) is 0 Å². The molecule has 0 spiro atoms. The number of hydrogen-bond donors (Lipinski definition) is 1. The Labute approximate surface area is 114 Å². The molecular weight excluding hydrogens is 264 g/mol. The molecule has 2 rings (SSSR count). The Morgan fingerprint density at radius 3 is 2.84 bits per heavy atom. The van der Waals surface area contributed by atoms with Crippen molar-refractivity contribution in [2.24, 2.45) is 5.73 Å². The molecule has 0 aromatic heterocycles. The molecular formula is C13H20N2O3S. The van der Waals surface area contributed by atoms with Crippen molar-refractivity contribution in [2.45, 2.75) is 19.4 Å². The molecule has 0 fully saturated rings. The lowest BCUT2D eigenvalue weighted by Gasteiger charge is -2.19. The van der Waals surface area contributed by atoms with E-state index in [2.05, 4.69) is 0 Å². The largest absolute Gasteiger partial charge is 0.384 e. The molecule has 1 unspecified atom stereocenters. The van der Waals surface area contributed by atoms with Crippen LogP contribution in [0.15, 0.2) is 18.2 Å². The average molecular weight is 284 g/mol. The minimum atomic E-state index is -3.29. The first-order chi connectivity index (χ1) is 8.95. The van der Waals surface area contributed by atoms with Gasteiger partial charge in [-0.3, -0.25) is 4.31 Å². The van der Waals surface area contributed by atoms with E-state index in [1.807, 2.05) is 25.1 Å². The van der Waals surface area contributed by atoms with Crippen LogP contribution in [0.4, 0.5) is 5.69 Å². The maximum atomic E-state index is 12.2. The number of nitrogens with zero attached hydrogens (tertiary/aromatic N) is 1. The molecule has 1 aliphatic heterocycles. The average Bonchev–Trinajstić information content (AvgIpc) is 2.79. The van der Waals surface area contributed by atoms with Crippen molar-refractivity contribution >= 4 is 15.7 Å². The van der Waals surface area contributed by atoms with Crippen LogP contribution >= 0.6 is 0 Å². The van der Waals surface area contributed by atoms with Crippen molar-refractivity contribution in [1.29, 1.82) is 0 Å². The number of methoxy groups -OCH3 is 1. The van der Waals surface area contributed by atoms with Gasteiger partial charge in [-0.05, 0) is 30.5 Å². The number of ether oxygens (including phenoxy) is 1. The number of fused-ring (bicyclic) bond motifs is 1. The van der Waals surface area contributed by atoms with E-state index < -0.39 is 10.0 Å². The van der Waals surface area contributed by atoms with Gasteiger partial charge in [0.25, 0.3) is 0 Å². The number of anilines is 1. The minimum absolute atomic E-state index is 0.0119. The van der Waals surface area contributed by atoms with E-state index in [4.69, 9.17) is 10.5 Å². The van der Waals surface area contributed by atoms with E-state index in [1.165, 1.54) is 11.4 Å². The minimum Gasteiger partial charge on any atom is -0.384 e. The smallest absolute Gasteiger partial charge is 0.237 e. The van der Waals surface area contributed by atoms with Gasteiger partial charge >= 0.3 is 0 Å². The molecule has 1 aliphatic rings. The molecule has 0 radical (unpaired) electrons. The number of sulfonamides is 1. The normalized spacial score (nSPS) is 16.5. The number of benzene rings is 1. The molecule has 1 heterocycles. The molecule has 0 amide bonds. The molecule has 106 valence electrons. The van der Waals surface area contributed by atoms with Gasteiger partial charge < -0.3 is 10.5 Å². The molecule has 0 aliphatic carbocycles. The van der Waals surface area contributed by atoms with Crippen molar-refractivity contribution in [3.05, 3.63) is 29.3 Å². The Morgan fingerprint density at radius 1 is 1.47 bits per heavy atom. The highest BCUT2D eigenvalue weighted by atomic mass is 32.2. The highest BCUT2D eigenvalue weighted by Crippen LogP contribution is 2.32. The molecule has 19 heavy (non-hydrogen) atoms. The molecule has 1 atom stereocenters. The van der Waals surface area contributed by atoms with E-state index in [0.717, 1.165) is 23.2 Å². The van der Waals surface area contributed by atoms with E-state index in [9.17, 15) is 8.42 Å². The topological polar surface area (TPSA) is 72.6 Å². The second-order valence-electron chi connectivity index (χ2n) is 4.81. The summed E-state index contributed by atoms with van der Waals surface area (Å²) < 4.78 is 30.7.